The van der Waals surface area contributed by atoms with Crippen LogP contribution in [0.4, 0.5) is 10.5 Å². The van der Waals surface area contributed by atoms with Crippen LogP contribution in [0.25, 0.3) is 6.08 Å². The molecular formula is C24H19NO4S. The van der Waals surface area contributed by atoms with Crippen LogP contribution in [0.5, 0.6) is 11.5 Å². The van der Waals surface area contributed by atoms with E-state index in [1.54, 1.807) is 30.3 Å². The van der Waals surface area contributed by atoms with Crippen molar-refractivity contribution in [1.29, 1.82) is 0 Å². The van der Waals surface area contributed by atoms with Crippen LogP contribution in [0.15, 0.2) is 89.8 Å². The van der Waals surface area contributed by atoms with Gasteiger partial charge in [-0.25, -0.2) is 4.90 Å². The van der Waals surface area contributed by atoms with Gasteiger partial charge in [-0.1, -0.05) is 54.6 Å². The number of para-hydroxylation sites is 3. The van der Waals surface area contributed by atoms with E-state index in [1.165, 1.54) is 4.90 Å². The van der Waals surface area contributed by atoms with E-state index in [2.05, 4.69) is 0 Å². The van der Waals surface area contributed by atoms with Gasteiger partial charge in [-0.05, 0) is 48.2 Å². The number of thioether (sulfide) groups is 1. The lowest BCUT2D eigenvalue weighted by Crippen LogP contribution is -2.27. The number of hydrogen-bond donors (Lipinski definition) is 0. The fraction of sp³-hybridized carbons (Fsp3) is 0.0833. The van der Waals surface area contributed by atoms with Crippen molar-refractivity contribution in [3.05, 3.63) is 95.4 Å². The molecule has 0 aromatic heterocycles. The van der Waals surface area contributed by atoms with Crippen molar-refractivity contribution < 1.29 is 19.1 Å². The molecule has 1 aliphatic rings. The average molecular weight is 417 g/mol. The molecule has 3 aromatic rings. The quantitative estimate of drug-likeness (QED) is 0.381. The number of imide groups is 1. The Morgan fingerprint density at radius 1 is 0.767 bits per heavy atom. The highest BCUT2D eigenvalue weighted by Gasteiger charge is 2.36. The van der Waals surface area contributed by atoms with Gasteiger partial charge < -0.3 is 9.47 Å². The normalized spacial score (nSPS) is 14.9. The molecule has 0 N–H and O–H groups in total. The van der Waals surface area contributed by atoms with Crippen molar-refractivity contribution in [2.45, 2.75) is 0 Å². The fourth-order valence-electron chi connectivity index (χ4n) is 2.97. The summed E-state index contributed by atoms with van der Waals surface area (Å²) in [6.07, 6.45) is 1.70. The van der Waals surface area contributed by atoms with Gasteiger partial charge in [-0.2, -0.15) is 0 Å². The summed E-state index contributed by atoms with van der Waals surface area (Å²) in [6.45, 7) is 0.744. The number of carbonyl (C=O) groups excluding carboxylic acids is 2. The van der Waals surface area contributed by atoms with Crippen molar-refractivity contribution in [1.82, 2.24) is 0 Å². The van der Waals surface area contributed by atoms with Crippen LogP contribution in [0.1, 0.15) is 5.56 Å². The molecular weight excluding hydrogens is 398 g/mol. The van der Waals surface area contributed by atoms with Crippen LogP contribution in [-0.4, -0.2) is 24.4 Å². The highest BCUT2D eigenvalue weighted by atomic mass is 32.2. The average Bonchev–Trinajstić information content (AvgIpc) is 3.06. The molecule has 0 spiro atoms. The first kappa shape index (κ1) is 19.8. The molecule has 5 nitrogen and oxygen atoms in total. The van der Waals surface area contributed by atoms with E-state index in [0.29, 0.717) is 29.6 Å². The van der Waals surface area contributed by atoms with E-state index in [0.717, 1.165) is 23.1 Å². The number of ether oxygens (including phenoxy) is 2. The monoisotopic (exact) mass is 417 g/mol. The summed E-state index contributed by atoms with van der Waals surface area (Å²) in [7, 11) is 0. The third-order valence-electron chi connectivity index (χ3n) is 4.37. The van der Waals surface area contributed by atoms with Crippen LogP contribution in [-0.2, 0) is 4.79 Å². The van der Waals surface area contributed by atoms with Crippen molar-refractivity contribution in [2.24, 2.45) is 0 Å². The van der Waals surface area contributed by atoms with Crippen LogP contribution in [0, 0.1) is 0 Å². The molecule has 2 amide bonds. The summed E-state index contributed by atoms with van der Waals surface area (Å²) in [5, 5.41) is -0.313. The van der Waals surface area contributed by atoms with Gasteiger partial charge in [0.25, 0.3) is 11.1 Å². The minimum absolute atomic E-state index is 0.313. The first-order valence-electron chi connectivity index (χ1n) is 9.45. The van der Waals surface area contributed by atoms with Gasteiger partial charge in [0.2, 0.25) is 0 Å². The first-order chi connectivity index (χ1) is 14.7. The highest BCUT2D eigenvalue weighted by Crippen LogP contribution is 2.36. The van der Waals surface area contributed by atoms with Gasteiger partial charge in [0, 0.05) is 5.56 Å². The van der Waals surface area contributed by atoms with E-state index in [9.17, 15) is 9.59 Å². The maximum Gasteiger partial charge on any atom is 0.298 e. The Labute approximate surface area is 178 Å². The van der Waals surface area contributed by atoms with Crippen LogP contribution in [0.2, 0.25) is 0 Å². The predicted octanol–water partition coefficient (Wildman–Crippen LogP) is 5.39. The van der Waals surface area contributed by atoms with Gasteiger partial charge in [0.05, 0.1) is 10.6 Å². The predicted molar refractivity (Wildman–Crippen MR) is 119 cm³/mol. The summed E-state index contributed by atoms with van der Waals surface area (Å²) in [4.78, 5) is 26.7. The summed E-state index contributed by atoms with van der Waals surface area (Å²) in [6, 6.07) is 25.8. The Bertz CT molecular complexity index is 1070. The molecule has 0 bridgehead atoms. The van der Waals surface area contributed by atoms with Crippen LogP contribution < -0.4 is 14.4 Å². The zero-order valence-electron chi connectivity index (χ0n) is 16.1. The Kier molecular flexibility index (Phi) is 6.15. The molecule has 6 heteroatoms. The third-order valence-corrected chi connectivity index (χ3v) is 5.24. The van der Waals surface area contributed by atoms with Crippen molar-refractivity contribution in [3.63, 3.8) is 0 Å². The second-order valence-corrected chi connectivity index (χ2v) is 7.39. The smallest absolute Gasteiger partial charge is 0.298 e. The van der Waals surface area contributed by atoms with E-state index in [1.807, 2.05) is 60.7 Å². The minimum atomic E-state index is -0.335. The molecule has 0 atom stereocenters. The number of rotatable bonds is 7. The lowest BCUT2D eigenvalue weighted by atomic mass is 10.2. The van der Waals surface area contributed by atoms with E-state index < -0.39 is 0 Å². The Morgan fingerprint density at radius 2 is 1.40 bits per heavy atom. The zero-order chi connectivity index (χ0) is 20.8. The molecule has 150 valence electrons. The number of benzene rings is 3. The van der Waals surface area contributed by atoms with Gasteiger partial charge in [0.1, 0.15) is 24.7 Å². The lowest BCUT2D eigenvalue weighted by Gasteiger charge is -2.12. The fourth-order valence-corrected chi connectivity index (χ4v) is 3.80. The summed E-state index contributed by atoms with van der Waals surface area (Å²) < 4.78 is 11.5. The maximum atomic E-state index is 12.8. The van der Waals surface area contributed by atoms with E-state index in [4.69, 9.17) is 9.47 Å². The van der Waals surface area contributed by atoms with Gasteiger partial charge >= 0.3 is 0 Å². The largest absolute Gasteiger partial charge is 0.490 e. The van der Waals surface area contributed by atoms with Crippen LogP contribution in [0.3, 0.4) is 0 Å². The molecule has 0 aliphatic carbocycles. The second kappa shape index (κ2) is 9.33. The minimum Gasteiger partial charge on any atom is -0.490 e. The molecule has 1 saturated heterocycles. The summed E-state index contributed by atoms with van der Waals surface area (Å²) in [5.41, 5.74) is 1.29. The molecule has 4 rings (SSSR count). The number of carbonyl (C=O) groups is 2. The lowest BCUT2D eigenvalue weighted by molar-refractivity contribution is -0.113. The van der Waals surface area contributed by atoms with Crippen molar-refractivity contribution in [3.8, 4) is 11.5 Å². The van der Waals surface area contributed by atoms with Crippen molar-refractivity contribution >= 4 is 34.7 Å². The number of hydrogen-bond acceptors (Lipinski definition) is 5. The molecule has 30 heavy (non-hydrogen) atoms. The zero-order valence-corrected chi connectivity index (χ0v) is 16.9. The Hall–Kier alpha value is -3.51. The second-order valence-electron chi connectivity index (χ2n) is 6.40. The maximum absolute atomic E-state index is 12.8. The number of anilines is 1. The Morgan fingerprint density at radius 3 is 2.17 bits per heavy atom. The molecule has 3 aromatic carbocycles. The molecule has 1 aliphatic heterocycles. The Balaban J connectivity index is 1.45. The van der Waals surface area contributed by atoms with Gasteiger partial charge in [0.15, 0.2) is 0 Å². The molecule has 0 saturated carbocycles. The highest BCUT2D eigenvalue weighted by molar-refractivity contribution is 8.19. The summed E-state index contributed by atoms with van der Waals surface area (Å²) in [5.74, 6) is 1.07. The van der Waals surface area contributed by atoms with Gasteiger partial charge in [-0.3, -0.25) is 9.59 Å². The molecule has 0 unspecified atom stereocenters. The van der Waals surface area contributed by atoms with Crippen molar-refractivity contribution in [2.75, 3.05) is 18.1 Å². The topological polar surface area (TPSA) is 55.8 Å². The summed E-state index contributed by atoms with van der Waals surface area (Å²) >= 11 is 0.924. The first-order valence-corrected chi connectivity index (χ1v) is 10.3. The van der Waals surface area contributed by atoms with Gasteiger partial charge in [-0.15, -0.1) is 0 Å². The molecule has 1 fully saturated rings. The van der Waals surface area contributed by atoms with Crippen LogP contribution >= 0.6 is 11.8 Å². The third kappa shape index (κ3) is 4.55. The number of nitrogens with zero attached hydrogens (tertiary/aromatic N) is 1. The van der Waals surface area contributed by atoms with E-state index >= 15 is 0 Å². The number of amides is 2. The molecule has 0 radical (unpaired) electrons. The van der Waals surface area contributed by atoms with E-state index in [-0.39, 0.29) is 11.1 Å². The standard InChI is InChI=1S/C24H19NO4S/c26-23-22(30-24(27)25(23)19-10-3-1-4-11-19)17-18-9-7-8-14-21(18)29-16-15-28-20-12-5-2-6-13-20/h1-14,17H,15-16H2/b22-17-. The molecule has 1 heterocycles. The SMILES string of the molecule is O=C1S/C(=C\c2ccccc2OCCOc2ccccc2)C(=O)N1c1ccccc1.